The Bertz CT molecular complexity index is 406. The molecule has 1 aromatic carbocycles. The number of carbonyl (C=O) groups excluding carboxylic acids is 1. The molecule has 0 aromatic heterocycles. The van der Waals surface area contributed by atoms with E-state index in [0.717, 1.165) is 22.1 Å². The molecule has 0 aliphatic rings. The van der Waals surface area contributed by atoms with Crippen molar-refractivity contribution in [1.29, 1.82) is 0 Å². The van der Waals surface area contributed by atoms with Crippen molar-refractivity contribution in [3.63, 3.8) is 0 Å². The highest BCUT2D eigenvalue weighted by Gasteiger charge is 2.19. The van der Waals surface area contributed by atoms with Crippen LogP contribution < -0.4 is 11.1 Å². The number of carbonyl (C=O) groups is 1. The highest BCUT2D eigenvalue weighted by molar-refractivity contribution is 9.10. The Morgan fingerprint density at radius 2 is 2.18 bits per heavy atom. The van der Waals surface area contributed by atoms with Gasteiger partial charge < -0.3 is 11.1 Å². The van der Waals surface area contributed by atoms with Crippen LogP contribution in [-0.4, -0.2) is 11.9 Å². The van der Waals surface area contributed by atoms with Crippen LogP contribution in [0.2, 0.25) is 0 Å². The molecule has 1 rings (SSSR count). The van der Waals surface area contributed by atoms with Crippen molar-refractivity contribution in [2.24, 2.45) is 11.7 Å². The maximum absolute atomic E-state index is 11.9. The Balaban J connectivity index is 2.78. The van der Waals surface area contributed by atoms with Crippen LogP contribution in [0.1, 0.15) is 25.8 Å². The lowest BCUT2D eigenvalue weighted by molar-refractivity contribution is -0.118. The number of nitrogens with two attached hydrogens (primary N) is 1. The highest BCUT2D eigenvalue weighted by atomic mass is 79.9. The van der Waals surface area contributed by atoms with E-state index in [2.05, 4.69) is 21.2 Å². The molecular formula is C13H19BrN2O. The number of benzene rings is 1. The average molecular weight is 299 g/mol. The summed E-state index contributed by atoms with van der Waals surface area (Å²) < 4.78 is 0.979. The van der Waals surface area contributed by atoms with Gasteiger partial charge in [-0.2, -0.15) is 0 Å². The first-order valence-corrected chi connectivity index (χ1v) is 6.58. The molecule has 0 spiro atoms. The first-order chi connectivity index (χ1) is 7.97. The Hall–Kier alpha value is -0.870. The number of hydrogen-bond acceptors (Lipinski definition) is 2. The topological polar surface area (TPSA) is 55.1 Å². The maximum Gasteiger partial charge on any atom is 0.241 e. The summed E-state index contributed by atoms with van der Waals surface area (Å²) in [5, 5.41) is 2.87. The van der Waals surface area contributed by atoms with E-state index in [1.807, 2.05) is 39.0 Å². The normalized spacial score (nSPS) is 14.2. The minimum absolute atomic E-state index is 0.124. The van der Waals surface area contributed by atoms with Crippen molar-refractivity contribution in [2.45, 2.75) is 33.2 Å². The largest absolute Gasteiger partial charge is 0.324 e. The predicted molar refractivity (Wildman–Crippen MR) is 74.9 cm³/mol. The van der Waals surface area contributed by atoms with Gasteiger partial charge in [-0.1, -0.05) is 42.3 Å². The quantitative estimate of drug-likeness (QED) is 0.897. The molecule has 1 amide bonds. The number of anilines is 1. The van der Waals surface area contributed by atoms with Crippen LogP contribution in [0, 0.1) is 12.8 Å². The van der Waals surface area contributed by atoms with Crippen LogP contribution in [0.5, 0.6) is 0 Å². The van der Waals surface area contributed by atoms with Crippen LogP contribution in [-0.2, 0) is 4.79 Å². The van der Waals surface area contributed by atoms with Gasteiger partial charge in [-0.05, 0) is 30.5 Å². The monoisotopic (exact) mass is 298 g/mol. The zero-order chi connectivity index (χ0) is 13.0. The van der Waals surface area contributed by atoms with E-state index in [1.54, 1.807) is 0 Å². The van der Waals surface area contributed by atoms with Crippen molar-refractivity contribution in [3.05, 3.63) is 28.2 Å². The number of halogens is 1. The molecule has 0 aliphatic carbocycles. The molecule has 0 saturated heterocycles. The summed E-state index contributed by atoms with van der Waals surface area (Å²) in [5.74, 6) is 0.0583. The summed E-state index contributed by atoms with van der Waals surface area (Å²) in [7, 11) is 0. The molecule has 3 N–H and O–H groups in total. The van der Waals surface area contributed by atoms with Gasteiger partial charge in [-0.15, -0.1) is 0 Å². The lowest BCUT2D eigenvalue weighted by Gasteiger charge is -2.18. The van der Waals surface area contributed by atoms with E-state index in [-0.39, 0.29) is 11.8 Å². The predicted octanol–water partition coefficient (Wildman–Crippen LogP) is 3.07. The molecule has 4 heteroatoms. The lowest BCUT2D eigenvalue weighted by atomic mass is 9.99. The third-order valence-corrected chi connectivity index (χ3v) is 3.94. The summed E-state index contributed by atoms with van der Waals surface area (Å²) in [6.07, 6.45) is 0.895. The molecule has 0 fully saturated rings. The van der Waals surface area contributed by atoms with Gasteiger partial charge in [0.05, 0.1) is 6.04 Å². The van der Waals surface area contributed by atoms with Gasteiger partial charge in [0.2, 0.25) is 5.91 Å². The second-order valence-electron chi connectivity index (χ2n) is 4.31. The Morgan fingerprint density at radius 3 is 2.76 bits per heavy atom. The molecule has 17 heavy (non-hydrogen) atoms. The standard InChI is InChI=1S/C13H19BrN2O/c1-4-8(2)12(15)13(17)16-11-7-5-6-10(14)9(11)3/h5-8,12H,4,15H2,1-3H3,(H,16,17)/t8-,12-/m0/s1. The SMILES string of the molecule is CC[C@H](C)[C@H](N)C(=O)Nc1cccc(Br)c1C. The van der Waals surface area contributed by atoms with Crippen molar-refractivity contribution in [3.8, 4) is 0 Å². The highest BCUT2D eigenvalue weighted by Crippen LogP contribution is 2.23. The van der Waals surface area contributed by atoms with Crippen LogP contribution >= 0.6 is 15.9 Å². The van der Waals surface area contributed by atoms with Crippen molar-refractivity contribution in [1.82, 2.24) is 0 Å². The average Bonchev–Trinajstić information content (AvgIpc) is 2.32. The van der Waals surface area contributed by atoms with E-state index in [1.165, 1.54) is 0 Å². The number of rotatable bonds is 4. The Morgan fingerprint density at radius 1 is 1.53 bits per heavy atom. The summed E-state index contributed by atoms with van der Waals surface area (Å²) in [5.41, 5.74) is 7.70. The van der Waals surface area contributed by atoms with E-state index < -0.39 is 6.04 Å². The van der Waals surface area contributed by atoms with E-state index >= 15 is 0 Å². The molecule has 3 nitrogen and oxygen atoms in total. The fourth-order valence-electron chi connectivity index (χ4n) is 1.47. The van der Waals surface area contributed by atoms with Crippen molar-refractivity contribution < 1.29 is 4.79 Å². The molecule has 0 aliphatic heterocycles. The molecular weight excluding hydrogens is 280 g/mol. The summed E-state index contributed by atoms with van der Waals surface area (Å²) in [6.45, 7) is 5.97. The first-order valence-electron chi connectivity index (χ1n) is 5.79. The molecule has 2 atom stereocenters. The molecule has 0 heterocycles. The second kappa shape index (κ2) is 6.17. The number of amides is 1. The van der Waals surface area contributed by atoms with Gasteiger partial charge >= 0.3 is 0 Å². The molecule has 0 bridgehead atoms. The fraction of sp³-hybridized carbons (Fsp3) is 0.462. The molecule has 0 unspecified atom stereocenters. The summed E-state index contributed by atoms with van der Waals surface area (Å²) in [6, 6.07) is 5.25. The summed E-state index contributed by atoms with van der Waals surface area (Å²) in [4.78, 5) is 11.9. The van der Waals surface area contributed by atoms with Crippen molar-refractivity contribution in [2.75, 3.05) is 5.32 Å². The van der Waals surface area contributed by atoms with Gasteiger partial charge in [0.25, 0.3) is 0 Å². The Labute approximate surface area is 111 Å². The number of hydrogen-bond donors (Lipinski definition) is 2. The Kier molecular flexibility index (Phi) is 5.15. The third kappa shape index (κ3) is 3.54. The van der Waals surface area contributed by atoms with E-state index in [0.29, 0.717) is 0 Å². The van der Waals surface area contributed by atoms with Gasteiger partial charge in [0.15, 0.2) is 0 Å². The molecule has 0 radical (unpaired) electrons. The zero-order valence-corrected chi connectivity index (χ0v) is 12.0. The van der Waals surface area contributed by atoms with Crippen LogP contribution in [0.15, 0.2) is 22.7 Å². The summed E-state index contributed by atoms with van der Waals surface area (Å²) >= 11 is 3.43. The first kappa shape index (κ1) is 14.2. The molecule has 0 saturated carbocycles. The van der Waals surface area contributed by atoms with E-state index in [9.17, 15) is 4.79 Å². The van der Waals surface area contributed by atoms with Crippen LogP contribution in [0.4, 0.5) is 5.69 Å². The van der Waals surface area contributed by atoms with Gasteiger partial charge in [-0.25, -0.2) is 0 Å². The van der Waals surface area contributed by atoms with Crippen LogP contribution in [0.25, 0.3) is 0 Å². The maximum atomic E-state index is 11.9. The van der Waals surface area contributed by atoms with Crippen molar-refractivity contribution >= 4 is 27.5 Å². The zero-order valence-electron chi connectivity index (χ0n) is 10.5. The molecule has 94 valence electrons. The van der Waals surface area contributed by atoms with E-state index in [4.69, 9.17) is 5.73 Å². The second-order valence-corrected chi connectivity index (χ2v) is 5.17. The minimum atomic E-state index is -0.460. The fourth-order valence-corrected chi connectivity index (χ4v) is 1.84. The molecule has 1 aromatic rings. The lowest BCUT2D eigenvalue weighted by Crippen LogP contribution is -2.40. The van der Waals surface area contributed by atoms with Gasteiger partial charge in [0, 0.05) is 10.2 Å². The van der Waals surface area contributed by atoms with Gasteiger partial charge in [-0.3, -0.25) is 4.79 Å². The number of nitrogens with one attached hydrogen (secondary N) is 1. The smallest absolute Gasteiger partial charge is 0.241 e. The minimum Gasteiger partial charge on any atom is -0.324 e. The van der Waals surface area contributed by atoms with Crippen LogP contribution in [0.3, 0.4) is 0 Å². The van der Waals surface area contributed by atoms with Gasteiger partial charge in [0.1, 0.15) is 0 Å². The third-order valence-electron chi connectivity index (χ3n) is 3.09.